The SMILES string of the molecule is CNc1nc2c(c(=O)[nH]1)COCC2. The Balaban J connectivity index is 2.53. The van der Waals surface area contributed by atoms with Gasteiger partial charge in [0.25, 0.3) is 5.56 Å². The van der Waals surface area contributed by atoms with Gasteiger partial charge in [0.15, 0.2) is 0 Å². The van der Waals surface area contributed by atoms with Crippen LogP contribution in [0, 0.1) is 0 Å². The second-order valence-corrected chi connectivity index (χ2v) is 2.89. The number of aromatic nitrogens is 2. The van der Waals surface area contributed by atoms with Gasteiger partial charge in [-0.1, -0.05) is 0 Å². The number of anilines is 1. The molecule has 13 heavy (non-hydrogen) atoms. The normalized spacial score (nSPS) is 15.2. The van der Waals surface area contributed by atoms with Crippen molar-refractivity contribution < 1.29 is 4.74 Å². The van der Waals surface area contributed by atoms with Crippen molar-refractivity contribution in [2.24, 2.45) is 0 Å². The van der Waals surface area contributed by atoms with Crippen molar-refractivity contribution in [1.29, 1.82) is 0 Å². The minimum Gasteiger partial charge on any atom is -0.376 e. The molecular formula is C8H11N3O2. The summed E-state index contributed by atoms with van der Waals surface area (Å²) in [6.45, 7) is 1.02. The van der Waals surface area contributed by atoms with Crippen LogP contribution in [0.3, 0.4) is 0 Å². The van der Waals surface area contributed by atoms with E-state index in [1.807, 2.05) is 0 Å². The Bertz CT molecular complexity index is 372. The Morgan fingerprint density at radius 2 is 2.46 bits per heavy atom. The number of hydrogen-bond donors (Lipinski definition) is 2. The highest BCUT2D eigenvalue weighted by atomic mass is 16.5. The van der Waals surface area contributed by atoms with E-state index in [0.29, 0.717) is 31.1 Å². The Morgan fingerprint density at radius 1 is 1.62 bits per heavy atom. The zero-order valence-corrected chi connectivity index (χ0v) is 7.39. The lowest BCUT2D eigenvalue weighted by molar-refractivity contribution is 0.108. The minimum absolute atomic E-state index is 0.103. The standard InChI is InChI=1S/C8H11N3O2/c1-9-8-10-6-2-3-13-4-5(6)7(12)11-8/h2-4H2,1H3,(H2,9,10,11,12). The van der Waals surface area contributed by atoms with Crippen LogP contribution in [0.5, 0.6) is 0 Å². The maximum absolute atomic E-state index is 11.4. The van der Waals surface area contributed by atoms with Gasteiger partial charge in [-0.3, -0.25) is 9.78 Å². The summed E-state index contributed by atoms with van der Waals surface area (Å²) >= 11 is 0. The quantitative estimate of drug-likeness (QED) is 0.634. The molecule has 1 aromatic rings. The van der Waals surface area contributed by atoms with Crippen LogP contribution in [0.2, 0.25) is 0 Å². The molecule has 0 spiro atoms. The molecule has 1 aliphatic rings. The van der Waals surface area contributed by atoms with Crippen LogP contribution in [0.25, 0.3) is 0 Å². The second kappa shape index (κ2) is 3.18. The van der Waals surface area contributed by atoms with Crippen molar-refractivity contribution >= 4 is 5.95 Å². The molecule has 2 heterocycles. The number of nitrogens with zero attached hydrogens (tertiary/aromatic N) is 1. The number of fused-ring (bicyclic) bond motifs is 1. The van der Waals surface area contributed by atoms with E-state index < -0.39 is 0 Å². The van der Waals surface area contributed by atoms with E-state index in [-0.39, 0.29) is 5.56 Å². The maximum atomic E-state index is 11.4. The first kappa shape index (κ1) is 8.25. The molecule has 5 heteroatoms. The van der Waals surface area contributed by atoms with Gasteiger partial charge in [-0.15, -0.1) is 0 Å². The van der Waals surface area contributed by atoms with Crippen molar-refractivity contribution in [1.82, 2.24) is 9.97 Å². The van der Waals surface area contributed by atoms with Crippen molar-refractivity contribution in [3.63, 3.8) is 0 Å². The molecular weight excluding hydrogens is 170 g/mol. The summed E-state index contributed by atoms with van der Waals surface area (Å²) in [4.78, 5) is 18.3. The summed E-state index contributed by atoms with van der Waals surface area (Å²) in [5, 5.41) is 2.81. The largest absolute Gasteiger partial charge is 0.376 e. The average molecular weight is 181 g/mol. The fraction of sp³-hybridized carbons (Fsp3) is 0.500. The van der Waals surface area contributed by atoms with E-state index in [1.165, 1.54) is 0 Å². The lowest BCUT2D eigenvalue weighted by Crippen LogP contribution is -2.24. The molecule has 1 aliphatic heterocycles. The molecule has 1 aromatic heterocycles. The van der Waals surface area contributed by atoms with Gasteiger partial charge >= 0.3 is 0 Å². The van der Waals surface area contributed by atoms with Crippen LogP contribution in [-0.4, -0.2) is 23.6 Å². The molecule has 0 atom stereocenters. The van der Waals surface area contributed by atoms with Gasteiger partial charge in [0.1, 0.15) is 0 Å². The predicted octanol–water partition coefficient (Wildman–Crippen LogP) is -0.116. The Morgan fingerprint density at radius 3 is 3.23 bits per heavy atom. The first-order valence-electron chi connectivity index (χ1n) is 4.19. The average Bonchev–Trinajstić information content (AvgIpc) is 2.18. The van der Waals surface area contributed by atoms with Crippen LogP contribution in [0.1, 0.15) is 11.3 Å². The molecule has 0 unspecified atom stereocenters. The van der Waals surface area contributed by atoms with Crippen LogP contribution in [-0.2, 0) is 17.8 Å². The lowest BCUT2D eigenvalue weighted by atomic mass is 10.1. The second-order valence-electron chi connectivity index (χ2n) is 2.89. The van der Waals surface area contributed by atoms with Crippen LogP contribution < -0.4 is 10.9 Å². The van der Waals surface area contributed by atoms with Gasteiger partial charge in [-0.25, -0.2) is 4.98 Å². The van der Waals surface area contributed by atoms with E-state index in [1.54, 1.807) is 7.05 Å². The van der Waals surface area contributed by atoms with E-state index in [0.717, 1.165) is 5.69 Å². The van der Waals surface area contributed by atoms with Gasteiger partial charge in [0, 0.05) is 13.5 Å². The number of aromatic amines is 1. The summed E-state index contributed by atoms with van der Waals surface area (Å²) in [6.07, 6.45) is 0.716. The highest BCUT2D eigenvalue weighted by Crippen LogP contribution is 2.10. The Hall–Kier alpha value is -1.36. The molecule has 5 nitrogen and oxygen atoms in total. The summed E-state index contributed by atoms with van der Waals surface area (Å²) in [7, 11) is 1.73. The zero-order valence-electron chi connectivity index (χ0n) is 7.39. The maximum Gasteiger partial charge on any atom is 0.258 e. The first-order chi connectivity index (χ1) is 6.31. The monoisotopic (exact) mass is 181 g/mol. The highest BCUT2D eigenvalue weighted by molar-refractivity contribution is 5.29. The number of H-pyrrole nitrogens is 1. The highest BCUT2D eigenvalue weighted by Gasteiger charge is 2.15. The Kier molecular flexibility index (Phi) is 2.02. The van der Waals surface area contributed by atoms with Crippen LogP contribution in [0.4, 0.5) is 5.95 Å². The molecule has 0 amide bonds. The summed E-state index contributed by atoms with van der Waals surface area (Å²) in [6, 6.07) is 0. The number of ether oxygens (including phenoxy) is 1. The molecule has 0 fully saturated rings. The number of hydrogen-bond acceptors (Lipinski definition) is 4. The molecule has 0 aromatic carbocycles. The molecule has 0 aliphatic carbocycles. The van der Waals surface area contributed by atoms with Gasteiger partial charge < -0.3 is 10.1 Å². The van der Waals surface area contributed by atoms with Crippen molar-refractivity contribution in [3.05, 3.63) is 21.6 Å². The third kappa shape index (κ3) is 1.42. The molecule has 0 saturated heterocycles. The summed E-state index contributed by atoms with van der Waals surface area (Å²) < 4.78 is 5.17. The first-order valence-corrected chi connectivity index (χ1v) is 4.19. The van der Waals surface area contributed by atoms with Crippen LogP contribution >= 0.6 is 0 Å². The Labute approximate surface area is 75.1 Å². The lowest BCUT2D eigenvalue weighted by Gasteiger charge is -2.14. The summed E-state index contributed by atoms with van der Waals surface area (Å²) in [5.41, 5.74) is 1.40. The summed E-state index contributed by atoms with van der Waals surface area (Å²) in [5.74, 6) is 0.519. The van der Waals surface area contributed by atoms with E-state index >= 15 is 0 Å². The predicted molar refractivity (Wildman–Crippen MR) is 47.8 cm³/mol. The van der Waals surface area contributed by atoms with E-state index in [2.05, 4.69) is 15.3 Å². The van der Waals surface area contributed by atoms with Crippen molar-refractivity contribution in [3.8, 4) is 0 Å². The molecule has 0 saturated carbocycles. The van der Waals surface area contributed by atoms with Crippen LogP contribution in [0.15, 0.2) is 4.79 Å². The number of nitrogens with one attached hydrogen (secondary N) is 2. The molecule has 0 radical (unpaired) electrons. The van der Waals surface area contributed by atoms with Gasteiger partial charge in [-0.2, -0.15) is 0 Å². The third-order valence-corrected chi connectivity index (χ3v) is 2.07. The van der Waals surface area contributed by atoms with E-state index in [9.17, 15) is 4.79 Å². The smallest absolute Gasteiger partial charge is 0.258 e. The van der Waals surface area contributed by atoms with Gasteiger partial charge in [0.05, 0.1) is 24.5 Å². The zero-order chi connectivity index (χ0) is 9.26. The van der Waals surface area contributed by atoms with Gasteiger partial charge in [0.2, 0.25) is 5.95 Å². The topological polar surface area (TPSA) is 67.0 Å². The minimum atomic E-state index is -0.103. The molecule has 0 bridgehead atoms. The molecule has 70 valence electrons. The van der Waals surface area contributed by atoms with Crippen molar-refractivity contribution in [2.75, 3.05) is 19.0 Å². The van der Waals surface area contributed by atoms with Crippen molar-refractivity contribution in [2.45, 2.75) is 13.0 Å². The fourth-order valence-corrected chi connectivity index (χ4v) is 1.36. The van der Waals surface area contributed by atoms with Gasteiger partial charge in [-0.05, 0) is 0 Å². The number of rotatable bonds is 1. The van der Waals surface area contributed by atoms with E-state index in [4.69, 9.17) is 4.74 Å². The molecule has 2 rings (SSSR count). The third-order valence-electron chi connectivity index (χ3n) is 2.07. The molecule has 2 N–H and O–H groups in total. The fourth-order valence-electron chi connectivity index (χ4n) is 1.36.